The summed E-state index contributed by atoms with van der Waals surface area (Å²) in [6.45, 7) is 3.94. The van der Waals surface area contributed by atoms with Gasteiger partial charge in [-0.05, 0) is 84.8 Å². The number of carbonyl (C=O) groups is 2. The van der Waals surface area contributed by atoms with Gasteiger partial charge in [0.25, 0.3) is 0 Å². The summed E-state index contributed by atoms with van der Waals surface area (Å²) >= 11 is 13.8. The molecule has 1 aliphatic heterocycles. The number of nitrogens with zero attached hydrogens (tertiary/aromatic N) is 3. The van der Waals surface area contributed by atoms with Crippen molar-refractivity contribution in [3.05, 3.63) is 93.2 Å². The molecule has 0 radical (unpaired) electrons. The van der Waals surface area contributed by atoms with E-state index >= 15 is 0 Å². The Hall–Kier alpha value is -3.79. The molecule has 1 saturated heterocycles. The van der Waals surface area contributed by atoms with Crippen LogP contribution in [0.15, 0.2) is 66.0 Å². The fourth-order valence-corrected chi connectivity index (χ4v) is 6.01. The summed E-state index contributed by atoms with van der Waals surface area (Å²) in [5.74, 6) is -0.380. The summed E-state index contributed by atoms with van der Waals surface area (Å²) in [5, 5.41) is 10.9. The number of carboxylic acid groups (broad SMARTS) is 1. The Morgan fingerprint density at radius 2 is 1.81 bits per heavy atom. The molecule has 0 bridgehead atoms. The third-order valence-electron chi connectivity index (χ3n) is 7.23. The van der Waals surface area contributed by atoms with Crippen molar-refractivity contribution in [3.63, 3.8) is 0 Å². The maximum atomic E-state index is 13.1. The van der Waals surface area contributed by atoms with Gasteiger partial charge in [-0.15, -0.1) is 0 Å². The molecule has 0 saturated carbocycles. The van der Waals surface area contributed by atoms with Crippen LogP contribution >= 0.6 is 35.0 Å². The minimum Gasteiger partial charge on any atom is -0.496 e. The van der Waals surface area contributed by atoms with Crippen molar-refractivity contribution < 1.29 is 24.2 Å². The van der Waals surface area contributed by atoms with Crippen LogP contribution in [-0.4, -0.2) is 51.4 Å². The first kappa shape index (κ1) is 29.7. The molecule has 5 rings (SSSR count). The maximum absolute atomic E-state index is 13.1. The summed E-state index contributed by atoms with van der Waals surface area (Å²) in [6, 6.07) is 15.5. The van der Waals surface area contributed by atoms with Gasteiger partial charge >= 0.3 is 12.1 Å². The smallest absolute Gasteiger partial charge is 0.411 e. The quantitative estimate of drug-likeness (QED) is 0.156. The molecule has 1 amide bonds. The number of aromatic carboxylic acids is 1. The molecule has 0 unspecified atom stereocenters. The van der Waals surface area contributed by atoms with E-state index in [4.69, 9.17) is 37.7 Å². The molecule has 1 aromatic heterocycles. The van der Waals surface area contributed by atoms with E-state index in [1.54, 1.807) is 54.6 Å². The Labute approximate surface area is 257 Å². The molecule has 11 heteroatoms. The van der Waals surface area contributed by atoms with Crippen LogP contribution in [0.1, 0.15) is 40.2 Å². The summed E-state index contributed by atoms with van der Waals surface area (Å²) in [6.07, 6.45) is 2.58. The zero-order chi connectivity index (χ0) is 30.1. The lowest BCUT2D eigenvalue weighted by atomic mass is 9.94. The number of halogens is 2. The number of aryl methyl sites for hydroxylation is 1. The zero-order valence-corrected chi connectivity index (χ0v) is 25.5. The first-order chi connectivity index (χ1) is 20.1. The molecule has 2 atom stereocenters. The molecule has 8 nitrogen and oxygen atoms in total. The SMILES string of the molecule is COc1ccc(-c2ccc(C(=O)O)cc2C)cc1-c1cnc(SC)nc1CN1C(=O)O[C@H](c2cc(Cl)cc(Cl)c2)[C@@H]1C. The Morgan fingerprint density at radius 1 is 1.07 bits per heavy atom. The van der Waals surface area contributed by atoms with Crippen molar-refractivity contribution >= 4 is 47.0 Å². The second kappa shape index (κ2) is 12.2. The average Bonchev–Trinajstić information content (AvgIpc) is 3.24. The summed E-state index contributed by atoms with van der Waals surface area (Å²) in [7, 11) is 1.59. The molecule has 42 heavy (non-hydrogen) atoms. The monoisotopic (exact) mass is 623 g/mol. The fraction of sp³-hybridized carbons (Fsp3) is 0.226. The first-order valence-corrected chi connectivity index (χ1v) is 14.9. The van der Waals surface area contributed by atoms with E-state index in [0.717, 1.165) is 22.3 Å². The molecule has 0 spiro atoms. The number of benzene rings is 3. The van der Waals surface area contributed by atoms with E-state index < -0.39 is 18.2 Å². The van der Waals surface area contributed by atoms with Crippen molar-refractivity contribution in [2.24, 2.45) is 0 Å². The van der Waals surface area contributed by atoms with Gasteiger partial charge in [0.15, 0.2) is 5.16 Å². The minimum absolute atomic E-state index is 0.163. The fourth-order valence-electron chi connectivity index (χ4n) is 5.11. The number of aromatic nitrogens is 2. The number of rotatable bonds is 8. The second-order valence-electron chi connectivity index (χ2n) is 9.84. The predicted molar refractivity (Wildman–Crippen MR) is 164 cm³/mol. The number of carboxylic acids is 1. The van der Waals surface area contributed by atoms with Crippen molar-refractivity contribution in [3.8, 4) is 28.0 Å². The van der Waals surface area contributed by atoms with Crippen molar-refractivity contribution in [1.29, 1.82) is 0 Å². The van der Waals surface area contributed by atoms with Gasteiger partial charge in [0.1, 0.15) is 11.9 Å². The number of thioether (sulfide) groups is 1. The van der Waals surface area contributed by atoms with Crippen LogP contribution < -0.4 is 4.74 Å². The van der Waals surface area contributed by atoms with Gasteiger partial charge in [-0.3, -0.25) is 4.90 Å². The number of carbonyl (C=O) groups excluding carboxylic acids is 1. The van der Waals surface area contributed by atoms with E-state index in [1.807, 2.05) is 38.3 Å². The third-order valence-corrected chi connectivity index (χ3v) is 8.23. The molecular formula is C31H27Cl2N3O5S. The van der Waals surface area contributed by atoms with E-state index in [2.05, 4.69) is 4.98 Å². The molecule has 1 aliphatic rings. The second-order valence-corrected chi connectivity index (χ2v) is 11.5. The number of amides is 1. The van der Waals surface area contributed by atoms with Crippen molar-refractivity contribution in [1.82, 2.24) is 14.9 Å². The summed E-state index contributed by atoms with van der Waals surface area (Å²) < 4.78 is 11.5. The van der Waals surface area contributed by atoms with Crippen LogP contribution in [0.25, 0.3) is 22.3 Å². The number of cyclic esters (lactones) is 1. The molecule has 1 fully saturated rings. The van der Waals surface area contributed by atoms with Gasteiger partial charge in [-0.25, -0.2) is 19.6 Å². The van der Waals surface area contributed by atoms with Crippen LogP contribution in [-0.2, 0) is 11.3 Å². The highest BCUT2D eigenvalue weighted by atomic mass is 35.5. The third kappa shape index (κ3) is 5.90. The number of hydrogen-bond acceptors (Lipinski definition) is 7. The molecule has 2 heterocycles. The average molecular weight is 625 g/mol. The Bertz CT molecular complexity index is 1680. The van der Waals surface area contributed by atoms with Crippen molar-refractivity contribution in [2.45, 2.75) is 37.7 Å². The van der Waals surface area contributed by atoms with Crippen LogP contribution in [0, 0.1) is 6.92 Å². The van der Waals surface area contributed by atoms with Gasteiger partial charge in [-0.2, -0.15) is 0 Å². The van der Waals surface area contributed by atoms with E-state index in [-0.39, 0.29) is 18.2 Å². The van der Waals surface area contributed by atoms with Crippen LogP contribution in [0.5, 0.6) is 5.75 Å². The van der Waals surface area contributed by atoms with Gasteiger partial charge in [-0.1, -0.05) is 47.1 Å². The predicted octanol–water partition coefficient (Wildman–Crippen LogP) is 7.94. The maximum Gasteiger partial charge on any atom is 0.411 e. The topological polar surface area (TPSA) is 102 Å². The van der Waals surface area contributed by atoms with Gasteiger partial charge in [0, 0.05) is 27.4 Å². The lowest BCUT2D eigenvalue weighted by molar-refractivity contribution is 0.0696. The Balaban J connectivity index is 1.55. The highest BCUT2D eigenvalue weighted by Crippen LogP contribution is 2.40. The zero-order valence-electron chi connectivity index (χ0n) is 23.2. The Morgan fingerprint density at radius 3 is 2.45 bits per heavy atom. The number of ether oxygens (including phenoxy) is 2. The van der Waals surface area contributed by atoms with E-state index in [9.17, 15) is 14.7 Å². The van der Waals surface area contributed by atoms with E-state index in [0.29, 0.717) is 37.8 Å². The molecule has 1 N–H and O–H groups in total. The number of hydrogen-bond donors (Lipinski definition) is 1. The Kier molecular flexibility index (Phi) is 8.63. The molecule has 0 aliphatic carbocycles. The van der Waals surface area contributed by atoms with Crippen LogP contribution in [0.2, 0.25) is 10.0 Å². The minimum atomic E-state index is -0.980. The largest absolute Gasteiger partial charge is 0.496 e. The van der Waals surface area contributed by atoms with Crippen LogP contribution in [0.3, 0.4) is 0 Å². The molecule has 3 aromatic carbocycles. The van der Waals surface area contributed by atoms with Gasteiger partial charge < -0.3 is 14.6 Å². The van der Waals surface area contributed by atoms with Gasteiger partial charge in [0.2, 0.25) is 0 Å². The lowest BCUT2D eigenvalue weighted by Crippen LogP contribution is -2.32. The normalized spacial score (nSPS) is 16.4. The lowest BCUT2D eigenvalue weighted by Gasteiger charge is -2.22. The molecular weight excluding hydrogens is 597 g/mol. The number of methoxy groups -OCH3 is 1. The first-order valence-electron chi connectivity index (χ1n) is 13.0. The van der Waals surface area contributed by atoms with E-state index in [1.165, 1.54) is 11.8 Å². The molecule has 216 valence electrons. The molecule has 4 aromatic rings. The van der Waals surface area contributed by atoms with Crippen LogP contribution in [0.4, 0.5) is 4.79 Å². The summed E-state index contributed by atoms with van der Waals surface area (Å²) in [4.78, 5) is 35.5. The summed E-state index contributed by atoms with van der Waals surface area (Å²) in [5.41, 5.74) is 5.55. The van der Waals surface area contributed by atoms with Gasteiger partial charge in [0.05, 0.1) is 31.0 Å². The van der Waals surface area contributed by atoms with Crippen molar-refractivity contribution in [2.75, 3.05) is 13.4 Å². The highest BCUT2D eigenvalue weighted by Gasteiger charge is 2.40. The highest BCUT2D eigenvalue weighted by molar-refractivity contribution is 7.98. The standard InChI is InChI=1S/C31H27Cl2N3O5S/c1-16-9-19(29(37)38)5-7-23(16)18-6-8-27(40-3)24(12-18)25-14-34-30(42-4)35-26(25)15-36-17(2)28(41-31(36)39)20-10-21(32)13-22(33)11-20/h5-14,17,28H,15H2,1-4H3,(H,37,38)/t17-,28-/m0/s1.